The molecule has 0 unspecified atom stereocenters. The van der Waals surface area contributed by atoms with Gasteiger partial charge in [0.2, 0.25) is 0 Å². The standard InChI is InChI=1S/C7H16O3/c1-2-3-4-6(9)7(10)5-8/h6-10H,2-5H2,1H3/t6-,7-/m1/s1. The van der Waals surface area contributed by atoms with Gasteiger partial charge >= 0.3 is 0 Å². The fraction of sp³-hybridized carbons (Fsp3) is 1.00. The molecule has 0 aliphatic heterocycles. The predicted octanol–water partition coefficient (Wildman–Crippen LogP) is -0.109. The fourth-order valence-electron chi connectivity index (χ4n) is 0.727. The van der Waals surface area contributed by atoms with E-state index in [0.29, 0.717) is 6.42 Å². The van der Waals surface area contributed by atoms with Crippen LogP contribution in [0, 0.1) is 0 Å². The molecule has 0 rings (SSSR count). The molecule has 0 heterocycles. The van der Waals surface area contributed by atoms with Crippen LogP contribution in [0.1, 0.15) is 26.2 Å². The number of hydrogen-bond donors (Lipinski definition) is 3. The summed E-state index contributed by atoms with van der Waals surface area (Å²) in [5.41, 5.74) is 0. The highest BCUT2D eigenvalue weighted by Gasteiger charge is 2.13. The van der Waals surface area contributed by atoms with Crippen LogP contribution in [0.3, 0.4) is 0 Å². The minimum Gasteiger partial charge on any atom is -0.394 e. The summed E-state index contributed by atoms with van der Waals surface area (Å²) in [4.78, 5) is 0. The Morgan fingerprint density at radius 2 is 1.80 bits per heavy atom. The zero-order valence-corrected chi connectivity index (χ0v) is 6.32. The molecule has 3 nitrogen and oxygen atoms in total. The van der Waals surface area contributed by atoms with E-state index in [1.54, 1.807) is 0 Å². The Morgan fingerprint density at radius 3 is 2.20 bits per heavy atom. The van der Waals surface area contributed by atoms with Crippen molar-refractivity contribution in [2.45, 2.75) is 38.4 Å². The third kappa shape index (κ3) is 3.82. The van der Waals surface area contributed by atoms with E-state index in [2.05, 4.69) is 0 Å². The molecule has 62 valence electrons. The summed E-state index contributed by atoms with van der Waals surface area (Å²) in [7, 11) is 0. The third-order valence-corrected chi connectivity index (χ3v) is 1.48. The molecule has 0 bridgehead atoms. The van der Waals surface area contributed by atoms with Crippen molar-refractivity contribution in [3.63, 3.8) is 0 Å². The van der Waals surface area contributed by atoms with E-state index in [0.717, 1.165) is 12.8 Å². The second-order valence-electron chi connectivity index (χ2n) is 2.46. The van der Waals surface area contributed by atoms with Crippen molar-refractivity contribution in [2.75, 3.05) is 6.61 Å². The lowest BCUT2D eigenvalue weighted by Gasteiger charge is -2.14. The van der Waals surface area contributed by atoms with Gasteiger partial charge in [-0.25, -0.2) is 0 Å². The second kappa shape index (κ2) is 5.65. The molecule has 0 aliphatic carbocycles. The molecule has 0 spiro atoms. The lowest BCUT2D eigenvalue weighted by molar-refractivity contribution is -0.0183. The van der Waals surface area contributed by atoms with E-state index in [4.69, 9.17) is 15.3 Å². The van der Waals surface area contributed by atoms with E-state index in [1.807, 2.05) is 6.92 Å². The lowest BCUT2D eigenvalue weighted by atomic mass is 10.1. The Bertz CT molecular complexity index is 75.3. The highest BCUT2D eigenvalue weighted by Crippen LogP contribution is 2.03. The molecule has 10 heavy (non-hydrogen) atoms. The fourth-order valence-corrected chi connectivity index (χ4v) is 0.727. The maximum absolute atomic E-state index is 9.04. The number of aliphatic hydroxyl groups is 3. The summed E-state index contributed by atoms with van der Waals surface area (Å²) in [6.45, 7) is 1.66. The van der Waals surface area contributed by atoms with Gasteiger partial charge in [0.25, 0.3) is 0 Å². The van der Waals surface area contributed by atoms with Gasteiger partial charge in [0.15, 0.2) is 0 Å². The molecule has 0 saturated heterocycles. The van der Waals surface area contributed by atoms with Crippen LogP contribution >= 0.6 is 0 Å². The minimum atomic E-state index is -0.966. The Hall–Kier alpha value is -0.120. The molecular formula is C7H16O3. The maximum Gasteiger partial charge on any atom is 0.103 e. The van der Waals surface area contributed by atoms with Crippen LogP contribution in [0.2, 0.25) is 0 Å². The minimum absolute atomic E-state index is 0.356. The topological polar surface area (TPSA) is 60.7 Å². The molecule has 0 saturated carbocycles. The van der Waals surface area contributed by atoms with Gasteiger partial charge in [-0.2, -0.15) is 0 Å². The van der Waals surface area contributed by atoms with Crippen LogP contribution in [-0.4, -0.2) is 34.1 Å². The van der Waals surface area contributed by atoms with E-state index in [-0.39, 0.29) is 6.61 Å². The van der Waals surface area contributed by atoms with Gasteiger partial charge in [0, 0.05) is 0 Å². The Kier molecular flexibility index (Phi) is 5.58. The molecule has 2 atom stereocenters. The summed E-state index contributed by atoms with van der Waals surface area (Å²) in [5, 5.41) is 26.3. The van der Waals surface area contributed by atoms with Crippen molar-refractivity contribution in [3.8, 4) is 0 Å². The van der Waals surface area contributed by atoms with E-state index in [1.165, 1.54) is 0 Å². The molecular weight excluding hydrogens is 132 g/mol. The average Bonchev–Trinajstić information content (AvgIpc) is 1.98. The monoisotopic (exact) mass is 148 g/mol. The zero-order valence-electron chi connectivity index (χ0n) is 6.32. The largest absolute Gasteiger partial charge is 0.394 e. The molecule has 0 aromatic heterocycles. The van der Waals surface area contributed by atoms with Crippen LogP contribution in [0.5, 0.6) is 0 Å². The van der Waals surface area contributed by atoms with Crippen LogP contribution in [0.4, 0.5) is 0 Å². The molecule has 0 aliphatic rings. The van der Waals surface area contributed by atoms with Gasteiger partial charge in [-0.05, 0) is 6.42 Å². The first-order chi connectivity index (χ1) is 4.72. The number of aliphatic hydroxyl groups excluding tert-OH is 3. The molecule has 0 aromatic rings. The number of hydrogen-bond acceptors (Lipinski definition) is 3. The van der Waals surface area contributed by atoms with Gasteiger partial charge in [-0.1, -0.05) is 19.8 Å². The SMILES string of the molecule is CCCC[C@@H](O)[C@H](O)CO. The molecule has 0 radical (unpaired) electrons. The van der Waals surface area contributed by atoms with Crippen LogP contribution in [0.15, 0.2) is 0 Å². The van der Waals surface area contributed by atoms with Crippen molar-refractivity contribution in [2.24, 2.45) is 0 Å². The molecule has 0 aromatic carbocycles. The molecule has 3 N–H and O–H groups in total. The summed E-state index contributed by atoms with van der Waals surface area (Å²) in [6.07, 6.45) is 0.725. The number of rotatable bonds is 5. The lowest BCUT2D eigenvalue weighted by Crippen LogP contribution is -2.28. The Morgan fingerprint density at radius 1 is 1.20 bits per heavy atom. The van der Waals surface area contributed by atoms with E-state index >= 15 is 0 Å². The summed E-state index contributed by atoms with van der Waals surface area (Å²) < 4.78 is 0. The second-order valence-corrected chi connectivity index (χ2v) is 2.46. The Labute approximate surface area is 61.3 Å². The van der Waals surface area contributed by atoms with E-state index in [9.17, 15) is 0 Å². The molecule has 0 fully saturated rings. The normalized spacial score (nSPS) is 16.8. The van der Waals surface area contributed by atoms with Gasteiger partial charge in [0.1, 0.15) is 6.10 Å². The zero-order chi connectivity index (χ0) is 7.98. The van der Waals surface area contributed by atoms with Gasteiger partial charge < -0.3 is 15.3 Å². The van der Waals surface area contributed by atoms with Crippen molar-refractivity contribution in [1.29, 1.82) is 0 Å². The summed E-state index contributed by atoms with van der Waals surface area (Å²) >= 11 is 0. The van der Waals surface area contributed by atoms with Crippen LogP contribution in [0.25, 0.3) is 0 Å². The van der Waals surface area contributed by atoms with Gasteiger partial charge in [-0.15, -0.1) is 0 Å². The van der Waals surface area contributed by atoms with E-state index < -0.39 is 12.2 Å². The van der Waals surface area contributed by atoms with Gasteiger partial charge in [0.05, 0.1) is 12.7 Å². The third-order valence-electron chi connectivity index (χ3n) is 1.48. The summed E-state index contributed by atoms with van der Waals surface area (Å²) in [5.74, 6) is 0. The quantitative estimate of drug-likeness (QED) is 0.510. The Balaban J connectivity index is 3.31. The first-order valence-corrected chi connectivity index (χ1v) is 3.69. The highest BCUT2D eigenvalue weighted by molar-refractivity contribution is 4.64. The van der Waals surface area contributed by atoms with Crippen LogP contribution < -0.4 is 0 Å². The molecule has 0 amide bonds. The smallest absolute Gasteiger partial charge is 0.103 e. The van der Waals surface area contributed by atoms with Gasteiger partial charge in [-0.3, -0.25) is 0 Å². The summed E-state index contributed by atoms with van der Waals surface area (Å²) in [6, 6.07) is 0. The predicted molar refractivity (Wildman–Crippen MR) is 38.6 cm³/mol. The number of unbranched alkanes of at least 4 members (excludes halogenated alkanes) is 1. The maximum atomic E-state index is 9.04. The van der Waals surface area contributed by atoms with Crippen molar-refractivity contribution < 1.29 is 15.3 Å². The van der Waals surface area contributed by atoms with Crippen LogP contribution in [-0.2, 0) is 0 Å². The van der Waals surface area contributed by atoms with Crippen molar-refractivity contribution in [3.05, 3.63) is 0 Å². The highest BCUT2D eigenvalue weighted by atomic mass is 16.4. The van der Waals surface area contributed by atoms with Crippen molar-refractivity contribution in [1.82, 2.24) is 0 Å². The first kappa shape index (κ1) is 9.88. The first-order valence-electron chi connectivity index (χ1n) is 3.69. The average molecular weight is 148 g/mol. The molecule has 3 heteroatoms. The van der Waals surface area contributed by atoms with Crippen molar-refractivity contribution >= 4 is 0 Å².